The van der Waals surface area contributed by atoms with Gasteiger partial charge in [-0.15, -0.1) is 0 Å². The molecule has 102 valence electrons. The van der Waals surface area contributed by atoms with Crippen LogP contribution in [0.1, 0.15) is 24.8 Å². The number of hydrogen-bond acceptors (Lipinski definition) is 2. The second-order valence-electron chi connectivity index (χ2n) is 4.84. The number of piperidine rings is 1. The van der Waals surface area contributed by atoms with E-state index in [4.69, 9.17) is 11.6 Å². The first-order valence-corrected chi connectivity index (χ1v) is 7.03. The molecule has 1 aliphatic rings. The van der Waals surface area contributed by atoms with Crippen LogP contribution in [0.25, 0.3) is 0 Å². The molecule has 0 atom stereocenters. The van der Waals surface area contributed by atoms with Crippen molar-refractivity contribution in [3.63, 3.8) is 0 Å². The molecule has 0 aromatic heterocycles. The molecule has 5 heteroatoms. The van der Waals surface area contributed by atoms with Gasteiger partial charge < -0.3 is 4.90 Å². The Morgan fingerprint density at radius 1 is 1.37 bits per heavy atom. The average molecular weight is 281 g/mol. The monoisotopic (exact) mass is 280 g/mol. The van der Waals surface area contributed by atoms with Crippen molar-refractivity contribution in [1.29, 1.82) is 0 Å². The summed E-state index contributed by atoms with van der Waals surface area (Å²) in [4.78, 5) is 13.0. The van der Waals surface area contributed by atoms with E-state index in [1.165, 1.54) is 24.2 Å². The summed E-state index contributed by atoms with van der Waals surface area (Å²) >= 11 is 5.86. The van der Waals surface area contributed by atoms with Gasteiger partial charge >= 0.3 is 0 Å². The number of nitrogens with zero attached hydrogens (tertiary/aromatic N) is 1. The van der Waals surface area contributed by atoms with Gasteiger partial charge in [0.15, 0.2) is 6.54 Å². The molecule has 0 unspecified atom stereocenters. The van der Waals surface area contributed by atoms with Crippen molar-refractivity contribution in [3.8, 4) is 0 Å². The molecule has 1 aliphatic heterocycles. The Hall–Kier alpha value is -1.39. The predicted molar refractivity (Wildman–Crippen MR) is 76.6 cm³/mol. The van der Waals surface area contributed by atoms with E-state index >= 15 is 0 Å². The van der Waals surface area contributed by atoms with Gasteiger partial charge in [-0.05, 0) is 37.0 Å². The number of carbonyl (C=O) groups is 1. The van der Waals surface area contributed by atoms with E-state index in [1.807, 2.05) is 12.1 Å². The molecule has 4 nitrogen and oxygen atoms in total. The smallest absolute Gasteiger partial charge is 0.295 e. The summed E-state index contributed by atoms with van der Waals surface area (Å²) < 4.78 is 0. The maximum atomic E-state index is 11.7. The lowest BCUT2D eigenvalue weighted by Gasteiger charge is -2.22. The third-order valence-electron chi connectivity index (χ3n) is 3.22. The van der Waals surface area contributed by atoms with Crippen molar-refractivity contribution >= 4 is 23.7 Å². The molecule has 0 saturated carbocycles. The molecular weight excluding hydrogens is 262 g/mol. The fourth-order valence-electron chi connectivity index (χ4n) is 2.26. The zero-order chi connectivity index (χ0) is 13.5. The number of quaternary nitrogens is 1. The third-order valence-corrected chi connectivity index (χ3v) is 3.46. The average Bonchev–Trinajstić information content (AvgIpc) is 2.40. The Kier molecular flexibility index (Phi) is 5.36. The van der Waals surface area contributed by atoms with Crippen molar-refractivity contribution in [3.05, 3.63) is 34.9 Å². The van der Waals surface area contributed by atoms with Crippen molar-refractivity contribution in [1.82, 2.24) is 5.43 Å². The second-order valence-corrected chi connectivity index (χ2v) is 5.27. The van der Waals surface area contributed by atoms with E-state index in [0.29, 0.717) is 11.6 Å². The van der Waals surface area contributed by atoms with Gasteiger partial charge in [0, 0.05) is 5.02 Å². The summed E-state index contributed by atoms with van der Waals surface area (Å²) in [5, 5.41) is 4.61. The molecule has 2 rings (SSSR count). The molecule has 2 N–H and O–H groups in total. The summed E-state index contributed by atoms with van der Waals surface area (Å²) in [7, 11) is 0. The lowest BCUT2D eigenvalue weighted by Crippen LogP contribution is -3.13. The van der Waals surface area contributed by atoms with E-state index in [1.54, 1.807) is 18.3 Å². The van der Waals surface area contributed by atoms with Gasteiger partial charge in [0.25, 0.3) is 5.91 Å². The van der Waals surface area contributed by atoms with Crippen LogP contribution >= 0.6 is 11.6 Å². The Morgan fingerprint density at radius 3 is 2.89 bits per heavy atom. The molecule has 1 aromatic rings. The quantitative estimate of drug-likeness (QED) is 0.624. The molecule has 0 radical (unpaired) electrons. The Morgan fingerprint density at radius 2 is 2.16 bits per heavy atom. The van der Waals surface area contributed by atoms with Gasteiger partial charge in [0.05, 0.1) is 19.3 Å². The van der Waals surface area contributed by atoms with Crippen molar-refractivity contribution < 1.29 is 9.69 Å². The first-order chi connectivity index (χ1) is 9.24. The first kappa shape index (κ1) is 14.0. The van der Waals surface area contributed by atoms with Crippen LogP contribution in [-0.4, -0.2) is 31.8 Å². The minimum Gasteiger partial charge on any atom is -0.327 e. The van der Waals surface area contributed by atoms with Crippen molar-refractivity contribution in [2.45, 2.75) is 19.3 Å². The van der Waals surface area contributed by atoms with Crippen molar-refractivity contribution in [2.75, 3.05) is 19.6 Å². The Labute approximate surface area is 118 Å². The highest BCUT2D eigenvalue weighted by Gasteiger charge is 2.16. The normalized spacial score (nSPS) is 16.7. The lowest BCUT2D eigenvalue weighted by molar-refractivity contribution is -0.896. The van der Waals surface area contributed by atoms with Crippen LogP contribution in [0.2, 0.25) is 5.02 Å². The number of amides is 1. The highest BCUT2D eigenvalue weighted by molar-refractivity contribution is 6.30. The van der Waals surface area contributed by atoms with E-state index < -0.39 is 0 Å². The standard InChI is InChI=1S/C14H18ClN3O/c15-13-6-4-5-12(9-13)10-16-17-14(19)11-18-7-2-1-3-8-18/h4-6,9-10H,1-3,7-8,11H2,(H,17,19)/p+1/b16-10-. The van der Waals surface area contributed by atoms with Gasteiger partial charge in [0.2, 0.25) is 0 Å². The van der Waals surface area contributed by atoms with Crippen molar-refractivity contribution in [2.24, 2.45) is 5.10 Å². The Balaban J connectivity index is 1.76. The fourth-order valence-corrected chi connectivity index (χ4v) is 2.46. The van der Waals surface area contributed by atoms with E-state index in [2.05, 4.69) is 10.5 Å². The molecule has 0 spiro atoms. The first-order valence-electron chi connectivity index (χ1n) is 6.65. The zero-order valence-electron chi connectivity index (χ0n) is 10.9. The minimum atomic E-state index is -0.0322. The van der Waals surface area contributed by atoms with Gasteiger partial charge in [-0.2, -0.15) is 5.10 Å². The molecule has 19 heavy (non-hydrogen) atoms. The highest BCUT2D eigenvalue weighted by Crippen LogP contribution is 2.08. The molecule has 1 saturated heterocycles. The van der Waals surface area contributed by atoms with E-state index in [-0.39, 0.29) is 5.91 Å². The molecule has 0 aliphatic carbocycles. The zero-order valence-corrected chi connectivity index (χ0v) is 11.6. The van der Waals surface area contributed by atoms with Crippen LogP contribution in [0.15, 0.2) is 29.4 Å². The number of carbonyl (C=O) groups excluding carboxylic acids is 1. The van der Waals surface area contributed by atoms with Crippen LogP contribution in [0, 0.1) is 0 Å². The maximum Gasteiger partial charge on any atom is 0.295 e. The number of rotatable bonds is 4. The number of hydrazone groups is 1. The number of halogens is 1. The maximum absolute atomic E-state index is 11.7. The lowest BCUT2D eigenvalue weighted by atomic mass is 10.1. The molecular formula is C14H19ClN3O+. The van der Waals surface area contributed by atoms with Crippen LogP contribution in [0.3, 0.4) is 0 Å². The fraction of sp³-hybridized carbons (Fsp3) is 0.429. The topological polar surface area (TPSA) is 45.9 Å². The van der Waals surface area contributed by atoms with Gasteiger partial charge in [-0.3, -0.25) is 4.79 Å². The SMILES string of the molecule is O=C(C[NH+]1CCCCC1)N/N=C\c1cccc(Cl)c1. The number of benzene rings is 1. The minimum absolute atomic E-state index is 0.0322. The van der Waals surface area contributed by atoms with Gasteiger partial charge in [0.1, 0.15) is 0 Å². The predicted octanol–water partition coefficient (Wildman–Crippen LogP) is 0.859. The summed E-state index contributed by atoms with van der Waals surface area (Å²) in [6.07, 6.45) is 5.33. The largest absolute Gasteiger partial charge is 0.327 e. The summed E-state index contributed by atoms with van der Waals surface area (Å²) in [5.74, 6) is -0.0322. The van der Waals surface area contributed by atoms with Gasteiger partial charge in [-0.25, -0.2) is 5.43 Å². The molecule has 1 amide bonds. The van der Waals surface area contributed by atoms with Crippen LogP contribution < -0.4 is 10.3 Å². The summed E-state index contributed by atoms with van der Waals surface area (Å²) in [5.41, 5.74) is 3.44. The van der Waals surface area contributed by atoms with E-state index in [0.717, 1.165) is 18.7 Å². The highest BCUT2D eigenvalue weighted by atomic mass is 35.5. The summed E-state index contributed by atoms with van der Waals surface area (Å²) in [6.45, 7) is 2.68. The van der Waals surface area contributed by atoms with E-state index in [9.17, 15) is 4.79 Å². The molecule has 1 fully saturated rings. The third kappa shape index (κ3) is 5.01. The van der Waals surface area contributed by atoms with Crippen LogP contribution in [0.4, 0.5) is 0 Å². The molecule has 1 heterocycles. The number of hydrogen-bond donors (Lipinski definition) is 2. The second kappa shape index (κ2) is 7.26. The number of likely N-dealkylation sites (tertiary alicyclic amines) is 1. The Bertz CT molecular complexity index is 456. The van der Waals surface area contributed by atoms with Crippen LogP contribution in [-0.2, 0) is 4.79 Å². The van der Waals surface area contributed by atoms with Crippen LogP contribution in [0.5, 0.6) is 0 Å². The van der Waals surface area contributed by atoms with Gasteiger partial charge in [-0.1, -0.05) is 23.7 Å². The summed E-state index contributed by atoms with van der Waals surface area (Å²) in [6, 6.07) is 7.34. The molecule has 0 bridgehead atoms. The molecule has 1 aromatic carbocycles. The number of nitrogens with one attached hydrogen (secondary N) is 2.